The fourth-order valence-electron chi connectivity index (χ4n) is 2.50. The first-order valence-electron chi connectivity index (χ1n) is 7.97. The third-order valence-electron chi connectivity index (χ3n) is 3.98. The summed E-state index contributed by atoms with van der Waals surface area (Å²) < 4.78 is 10.1. The summed E-state index contributed by atoms with van der Waals surface area (Å²) in [5.74, 6) is -0.654. The molecule has 0 spiro atoms. The molecule has 1 aliphatic rings. The lowest BCUT2D eigenvalue weighted by atomic mass is 10.1. The van der Waals surface area contributed by atoms with Gasteiger partial charge in [0.2, 0.25) is 0 Å². The van der Waals surface area contributed by atoms with E-state index in [1.165, 1.54) is 12.1 Å². The van der Waals surface area contributed by atoms with Gasteiger partial charge in [0.15, 0.2) is 0 Å². The number of thioether (sulfide) groups is 1. The lowest BCUT2D eigenvalue weighted by Gasteiger charge is -2.09. The van der Waals surface area contributed by atoms with Crippen molar-refractivity contribution in [2.24, 2.45) is 0 Å². The number of carbonyl (C=O) groups is 3. The summed E-state index contributed by atoms with van der Waals surface area (Å²) in [6.45, 7) is 1.18. The Balaban J connectivity index is 1.84. The maximum absolute atomic E-state index is 12.3. The molecule has 2 heterocycles. The molecule has 1 aromatic heterocycles. The van der Waals surface area contributed by atoms with Crippen molar-refractivity contribution in [1.82, 2.24) is 4.90 Å². The minimum Gasteiger partial charge on any atom is -0.468 e. The van der Waals surface area contributed by atoms with Gasteiger partial charge in [-0.2, -0.15) is 0 Å². The van der Waals surface area contributed by atoms with Crippen LogP contribution in [0.2, 0.25) is 0 Å². The number of imide groups is 1. The molecule has 0 N–H and O–H groups in total. The molecule has 9 nitrogen and oxygen atoms in total. The average molecular weight is 402 g/mol. The average Bonchev–Trinajstić information content (AvgIpc) is 3.22. The maximum atomic E-state index is 12.3. The first kappa shape index (κ1) is 19.4. The van der Waals surface area contributed by atoms with Crippen molar-refractivity contribution >= 4 is 40.6 Å². The molecule has 28 heavy (non-hydrogen) atoms. The Hall–Kier alpha value is -3.40. The predicted molar refractivity (Wildman–Crippen MR) is 100 cm³/mol. The number of esters is 1. The van der Waals surface area contributed by atoms with Crippen LogP contribution in [0.5, 0.6) is 0 Å². The van der Waals surface area contributed by atoms with Crippen LogP contribution < -0.4 is 0 Å². The van der Waals surface area contributed by atoms with Crippen molar-refractivity contribution in [3.8, 4) is 11.3 Å². The van der Waals surface area contributed by atoms with Crippen molar-refractivity contribution in [3.63, 3.8) is 0 Å². The molecule has 1 saturated heterocycles. The minimum atomic E-state index is -0.704. The van der Waals surface area contributed by atoms with E-state index in [0.29, 0.717) is 34.4 Å². The molecule has 2 aromatic rings. The van der Waals surface area contributed by atoms with E-state index < -0.39 is 28.6 Å². The second kappa shape index (κ2) is 7.69. The van der Waals surface area contributed by atoms with Gasteiger partial charge in [-0.25, -0.2) is 0 Å². The molecule has 0 atom stereocenters. The number of benzene rings is 1. The second-order valence-corrected chi connectivity index (χ2v) is 6.80. The summed E-state index contributed by atoms with van der Waals surface area (Å²) >= 11 is 0.684. The van der Waals surface area contributed by atoms with Crippen LogP contribution in [0, 0.1) is 17.0 Å². The summed E-state index contributed by atoms with van der Waals surface area (Å²) in [6.07, 6.45) is 1.38. The van der Waals surface area contributed by atoms with Gasteiger partial charge in [0, 0.05) is 23.3 Å². The molecule has 144 valence electrons. The van der Waals surface area contributed by atoms with Crippen LogP contribution in [0.1, 0.15) is 11.3 Å². The quantitative estimate of drug-likeness (QED) is 0.323. The highest BCUT2D eigenvalue weighted by Crippen LogP contribution is 2.34. The number of aryl methyl sites for hydroxylation is 1. The fourth-order valence-corrected chi connectivity index (χ4v) is 3.32. The zero-order valence-electron chi connectivity index (χ0n) is 14.8. The number of hydrogen-bond donors (Lipinski definition) is 0. The molecule has 0 bridgehead atoms. The lowest BCUT2D eigenvalue weighted by molar-refractivity contribution is -0.385. The van der Waals surface area contributed by atoms with Crippen LogP contribution in [0.25, 0.3) is 17.4 Å². The Morgan fingerprint density at radius 1 is 1.32 bits per heavy atom. The standard InChI is InChI=1S/C18H14N2O7S/c1-10-3-4-11(7-13(10)20(24)25)14-6-5-12(27-14)8-15-17(22)19(18(23)28-15)9-16(21)26-2/h3-8H,9H2,1-2H3/b15-8+. The number of nitrogens with zero attached hydrogens (tertiary/aromatic N) is 2. The molecule has 0 aliphatic carbocycles. The van der Waals surface area contributed by atoms with E-state index in [-0.39, 0.29) is 10.6 Å². The molecule has 1 aliphatic heterocycles. The van der Waals surface area contributed by atoms with E-state index in [2.05, 4.69) is 4.74 Å². The van der Waals surface area contributed by atoms with Crippen LogP contribution in [0.15, 0.2) is 39.7 Å². The molecule has 0 radical (unpaired) electrons. The van der Waals surface area contributed by atoms with Gasteiger partial charge >= 0.3 is 5.97 Å². The molecule has 2 amide bonds. The molecule has 0 saturated carbocycles. The van der Waals surface area contributed by atoms with Crippen LogP contribution >= 0.6 is 11.8 Å². The van der Waals surface area contributed by atoms with E-state index in [4.69, 9.17) is 4.42 Å². The van der Waals surface area contributed by atoms with Gasteiger partial charge in [0.05, 0.1) is 16.9 Å². The van der Waals surface area contributed by atoms with Crippen molar-refractivity contribution < 1.29 is 28.5 Å². The molecule has 0 unspecified atom stereocenters. The van der Waals surface area contributed by atoms with Crippen LogP contribution in [-0.2, 0) is 14.3 Å². The minimum absolute atomic E-state index is 0.0284. The van der Waals surface area contributed by atoms with Crippen molar-refractivity contribution in [3.05, 3.63) is 56.7 Å². The van der Waals surface area contributed by atoms with E-state index >= 15 is 0 Å². The summed E-state index contributed by atoms with van der Waals surface area (Å²) in [5.41, 5.74) is 1.01. The van der Waals surface area contributed by atoms with Gasteiger partial charge < -0.3 is 9.15 Å². The Bertz CT molecular complexity index is 1020. The summed E-state index contributed by atoms with van der Waals surface area (Å²) in [5, 5.41) is 10.5. The number of furan rings is 1. The fraction of sp³-hybridized carbons (Fsp3) is 0.167. The predicted octanol–water partition coefficient (Wildman–Crippen LogP) is 3.37. The molecule has 3 rings (SSSR count). The summed E-state index contributed by atoms with van der Waals surface area (Å²) in [6, 6.07) is 7.90. The van der Waals surface area contributed by atoms with E-state index in [1.807, 2.05) is 0 Å². The number of amides is 2. The Labute approximate surface area is 163 Å². The van der Waals surface area contributed by atoms with Crippen LogP contribution in [-0.4, -0.2) is 40.6 Å². The van der Waals surface area contributed by atoms with E-state index in [9.17, 15) is 24.5 Å². The molecule has 1 aromatic carbocycles. The highest BCUT2D eigenvalue weighted by molar-refractivity contribution is 8.18. The first-order chi connectivity index (χ1) is 13.3. The Morgan fingerprint density at radius 3 is 2.75 bits per heavy atom. The van der Waals surface area contributed by atoms with E-state index in [1.54, 1.807) is 31.2 Å². The topological polar surface area (TPSA) is 120 Å². The maximum Gasteiger partial charge on any atom is 0.325 e. The molecule has 10 heteroatoms. The zero-order chi connectivity index (χ0) is 20.4. The number of carbonyl (C=O) groups excluding carboxylic acids is 3. The van der Waals surface area contributed by atoms with Gasteiger partial charge in [-0.05, 0) is 30.8 Å². The van der Waals surface area contributed by atoms with Crippen molar-refractivity contribution in [1.29, 1.82) is 0 Å². The molecular formula is C18H14N2O7S. The monoisotopic (exact) mass is 402 g/mol. The van der Waals surface area contributed by atoms with Gasteiger partial charge in [-0.3, -0.25) is 29.4 Å². The van der Waals surface area contributed by atoms with Crippen molar-refractivity contribution in [2.75, 3.05) is 13.7 Å². The summed E-state index contributed by atoms with van der Waals surface area (Å²) in [4.78, 5) is 47.0. The van der Waals surface area contributed by atoms with Crippen molar-refractivity contribution in [2.45, 2.75) is 6.92 Å². The number of ether oxygens (including phenoxy) is 1. The van der Waals surface area contributed by atoms with Gasteiger partial charge in [0.25, 0.3) is 16.8 Å². The smallest absolute Gasteiger partial charge is 0.325 e. The van der Waals surface area contributed by atoms with E-state index in [0.717, 1.165) is 12.0 Å². The highest BCUT2D eigenvalue weighted by Gasteiger charge is 2.36. The molecule has 1 fully saturated rings. The number of rotatable bonds is 5. The number of hydrogen-bond acceptors (Lipinski definition) is 8. The Kier molecular flexibility index (Phi) is 5.32. The lowest BCUT2D eigenvalue weighted by Crippen LogP contribution is -2.34. The van der Waals surface area contributed by atoms with Crippen LogP contribution in [0.3, 0.4) is 0 Å². The largest absolute Gasteiger partial charge is 0.468 e. The van der Waals surface area contributed by atoms with Gasteiger partial charge in [0.1, 0.15) is 18.1 Å². The third kappa shape index (κ3) is 3.81. The normalized spacial score (nSPS) is 15.4. The SMILES string of the molecule is COC(=O)CN1C(=O)S/C(=C/c2ccc(-c3ccc(C)c([N+](=O)[O-])c3)o2)C1=O. The van der Waals surface area contributed by atoms with Gasteiger partial charge in [-0.15, -0.1) is 0 Å². The summed E-state index contributed by atoms with van der Waals surface area (Å²) in [7, 11) is 1.16. The zero-order valence-corrected chi connectivity index (χ0v) is 15.6. The van der Waals surface area contributed by atoms with Gasteiger partial charge in [-0.1, -0.05) is 12.1 Å². The second-order valence-electron chi connectivity index (χ2n) is 5.80. The number of nitro benzene ring substituents is 1. The number of methoxy groups -OCH3 is 1. The molecular weight excluding hydrogens is 388 g/mol. The number of nitro groups is 1. The van der Waals surface area contributed by atoms with Crippen LogP contribution in [0.4, 0.5) is 10.5 Å². The third-order valence-corrected chi connectivity index (χ3v) is 4.89. The Morgan fingerprint density at radius 2 is 2.07 bits per heavy atom. The highest BCUT2D eigenvalue weighted by atomic mass is 32.2. The first-order valence-corrected chi connectivity index (χ1v) is 8.79.